The van der Waals surface area contributed by atoms with Crippen molar-refractivity contribution in [1.29, 1.82) is 0 Å². The Morgan fingerprint density at radius 1 is 1.20 bits per heavy atom. The predicted molar refractivity (Wildman–Crippen MR) is 105 cm³/mol. The van der Waals surface area contributed by atoms with Crippen LogP contribution in [-0.2, 0) is 9.53 Å². The van der Waals surface area contributed by atoms with Gasteiger partial charge in [-0.2, -0.15) is 0 Å². The van der Waals surface area contributed by atoms with Crippen LogP contribution in [0.3, 0.4) is 0 Å². The summed E-state index contributed by atoms with van der Waals surface area (Å²) in [5.74, 6) is -0.147. The number of aliphatic hydroxyl groups excluding tert-OH is 1. The number of rotatable bonds is 3. The lowest BCUT2D eigenvalue weighted by Crippen LogP contribution is -2.12. The third-order valence-corrected chi connectivity index (χ3v) is 6.06. The molecule has 0 atom stereocenters. The third-order valence-electron chi connectivity index (χ3n) is 3.92. The van der Waals surface area contributed by atoms with E-state index in [0.29, 0.717) is 10.8 Å². The molecular formula is C19H15NO3S2. The van der Waals surface area contributed by atoms with Gasteiger partial charge in [-0.3, -0.25) is 0 Å². The molecule has 3 aromatic rings. The van der Waals surface area contributed by atoms with Gasteiger partial charge in [-0.15, -0.1) is 11.3 Å². The molecule has 4 nitrogen and oxygen atoms in total. The van der Waals surface area contributed by atoms with Crippen molar-refractivity contribution in [2.24, 2.45) is 4.99 Å². The Hall–Kier alpha value is -2.31. The molecule has 0 saturated carbocycles. The quantitative estimate of drug-likeness (QED) is 0.644. The van der Waals surface area contributed by atoms with E-state index in [4.69, 9.17) is 4.74 Å². The number of hydrogen-bond acceptors (Lipinski definition) is 6. The number of hydrogen-bond donors (Lipinski definition) is 1. The van der Waals surface area contributed by atoms with E-state index >= 15 is 0 Å². The number of thiophene rings is 1. The van der Waals surface area contributed by atoms with E-state index in [2.05, 4.69) is 17.1 Å². The molecule has 1 aliphatic rings. The van der Waals surface area contributed by atoms with Crippen molar-refractivity contribution >= 4 is 60.0 Å². The molecule has 0 spiro atoms. The van der Waals surface area contributed by atoms with Crippen LogP contribution in [0.4, 0.5) is 5.69 Å². The molecule has 1 aliphatic heterocycles. The second-order valence-corrected chi connectivity index (χ2v) is 7.57. The van der Waals surface area contributed by atoms with Crippen LogP contribution in [0.1, 0.15) is 6.92 Å². The predicted octanol–water partition coefficient (Wildman–Crippen LogP) is 5.21. The average molecular weight is 369 g/mol. The lowest BCUT2D eigenvalue weighted by atomic mass is 10.1. The number of nitrogens with zero attached hydrogens (tertiary/aromatic N) is 1. The number of fused-ring (bicyclic) bond motifs is 3. The molecule has 1 N–H and O–H groups in total. The molecule has 0 fully saturated rings. The van der Waals surface area contributed by atoms with Crippen LogP contribution >= 0.6 is 23.1 Å². The molecule has 0 unspecified atom stereocenters. The lowest BCUT2D eigenvalue weighted by molar-refractivity contribution is -0.138. The van der Waals surface area contributed by atoms with Gasteiger partial charge in [0.15, 0.2) is 0 Å². The molecule has 126 valence electrons. The highest BCUT2D eigenvalue weighted by Gasteiger charge is 2.29. The molecule has 2 heterocycles. The number of ether oxygens (including phenoxy) is 1. The van der Waals surface area contributed by atoms with Crippen LogP contribution < -0.4 is 0 Å². The minimum Gasteiger partial charge on any atom is -0.510 e. The maximum Gasteiger partial charge on any atom is 0.344 e. The number of aliphatic hydroxyl groups is 1. The highest BCUT2D eigenvalue weighted by Crippen LogP contribution is 2.37. The van der Waals surface area contributed by atoms with Crippen LogP contribution in [0.5, 0.6) is 0 Å². The van der Waals surface area contributed by atoms with E-state index in [1.54, 1.807) is 18.3 Å². The first-order valence-corrected chi connectivity index (χ1v) is 9.70. The van der Waals surface area contributed by atoms with E-state index in [-0.39, 0.29) is 17.9 Å². The molecule has 6 heteroatoms. The Balaban J connectivity index is 1.78. The third kappa shape index (κ3) is 2.92. The molecule has 2 aromatic carbocycles. The van der Waals surface area contributed by atoms with Gasteiger partial charge in [0.2, 0.25) is 0 Å². The summed E-state index contributed by atoms with van der Waals surface area (Å²) in [6, 6.07) is 14.3. The zero-order valence-electron chi connectivity index (χ0n) is 13.5. The Labute approximate surface area is 152 Å². The van der Waals surface area contributed by atoms with Crippen LogP contribution in [0.25, 0.3) is 20.2 Å². The molecule has 0 aliphatic carbocycles. The standard InChI is InChI=1S/C19H15NO3S2/c1-2-23-19(22)17-14(21)10-24-18(17)20-11-7-8-16-13(9-11)12-5-3-4-6-15(12)25-16/h3-9,21H,2,10H2,1H3. The fourth-order valence-electron chi connectivity index (χ4n) is 2.80. The number of thioether (sulfide) groups is 1. The van der Waals surface area contributed by atoms with E-state index in [0.717, 1.165) is 11.1 Å². The number of carbonyl (C=O) groups excluding carboxylic acids is 1. The summed E-state index contributed by atoms with van der Waals surface area (Å²) in [6.07, 6.45) is 0. The van der Waals surface area contributed by atoms with Gasteiger partial charge < -0.3 is 9.84 Å². The fraction of sp³-hybridized carbons (Fsp3) is 0.158. The van der Waals surface area contributed by atoms with E-state index in [1.165, 1.54) is 26.5 Å². The Morgan fingerprint density at radius 2 is 2.00 bits per heavy atom. The first-order chi connectivity index (χ1) is 12.2. The van der Waals surface area contributed by atoms with E-state index in [9.17, 15) is 9.90 Å². The number of carbonyl (C=O) groups is 1. The van der Waals surface area contributed by atoms with Crippen molar-refractivity contribution in [3.05, 3.63) is 53.8 Å². The highest BCUT2D eigenvalue weighted by atomic mass is 32.2. The van der Waals surface area contributed by atoms with Gasteiger partial charge in [0, 0.05) is 20.2 Å². The van der Waals surface area contributed by atoms with Gasteiger partial charge in [-0.05, 0) is 31.2 Å². The minimum absolute atomic E-state index is 0.0317. The smallest absolute Gasteiger partial charge is 0.344 e. The topological polar surface area (TPSA) is 58.9 Å². The number of aliphatic imine (C=N–C) groups is 1. The summed E-state index contributed by atoms with van der Waals surface area (Å²) in [5.41, 5.74) is 0.942. The van der Waals surface area contributed by atoms with Crippen molar-refractivity contribution in [2.75, 3.05) is 12.4 Å². The summed E-state index contributed by atoms with van der Waals surface area (Å²) in [6.45, 7) is 2.00. The maximum atomic E-state index is 12.1. The van der Waals surface area contributed by atoms with Gasteiger partial charge in [0.1, 0.15) is 16.4 Å². The van der Waals surface area contributed by atoms with Crippen molar-refractivity contribution in [1.82, 2.24) is 0 Å². The minimum atomic E-state index is -0.522. The van der Waals surface area contributed by atoms with Crippen LogP contribution in [0.2, 0.25) is 0 Å². The largest absolute Gasteiger partial charge is 0.510 e. The zero-order valence-corrected chi connectivity index (χ0v) is 15.1. The zero-order chi connectivity index (χ0) is 17.4. The fourth-order valence-corrected chi connectivity index (χ4v) is 4.82. The second kappa shape index (κ2) is 6.54. The van der Waals surface area contributed by atoms with Crippen LogP contribution in [-0.4, -0.2) is 28.5 Å². The molecule has 1 aromatic heterocycles. The Kier molecular flexibility index (Phi) is 4.23. The lowest BCUT2D eigenvalue weighted by Gasteiger charge is -2.04. The Morgan fingerprint density at radius 3 is 2.84 bits per heavy atom. The molecule has 0 saturated heterocycles. The van der Waals surface area contributed by atoms with Crippen molar-refractivity contribution in [2.45, 2.75) is 6.92 Å². The number of benzene rings is 2. The molecular weight excluding hydrogens is 354 g/mol. The summed E-state index contributed by atoms with van der Waals surface area (Å²) >= 11 is 3.09. The summed E-state index contributed by atoms with van der Waals surface area (Å²) in [7, 11) is 0. The van der Waals surface area contributed by atoms with Gasteiger partial charge in [-0.1, -0.05) is 30.0 Å². The van der Waals surface area contributed by atoms with Crippen molar-refractivity contribution in [3.63, 3.8) is 0 Å². The van der Waals surface area contributed by atoms with Crippen LogP contribution in [0, 0.1) is 0 Å². The molecule has 0 radical (unpaired) electrons. The molecule has 25 heavy (non-hydrogen) atoms. The molecule has 0 bridgehead atoms. The first kappa shape index (κ1) is 16.2. The summed E-state index contributed by atoms with van der Waals surface area (Å²) in [4.78, 5) is 16.7. The van der Waals surface area contributed by atoms with E-state index in [1.807, 2.05) is 30.3 Å². The molecule has 4 rings (SSSR count). The van der Waals surface area contributed by atoms with Gasteiger partial charge >= 0.3 is 5.97 Å². The van der Waals surface area contributed by atoms with Crippen molar-refractivity contribution in [3.8, 4) is 0 Å². The normalized spacial score (nSPS) is 16.3. The highest BCUT2D eigenvalue weighted by molar-refractivity contribution is 8.15. The van der Waals surface area contributed by atoms with Crippen molar-refractivity contribution < 1.29 is 14.6 Å². The van der Waals surface area contributed by atoms with E-state index < -0.39 is 5.97 Å². The average Bonchev–Trinajstić information content (AvgIpc) is 3.15. The van der Waals surface area contributed by atoms with Gasteiger partial charge in [-0.25, -0.2) is 9.79 Å². The van der Waals surface area contributed by atoms with Gasteiger partial charge in [0.05, 0.1) is 18.0 Å². The van der Waals surface area contributed by atoms with Gasteiger partial charge in [0.25, 0.3) is 0 Å². The summed E-state index contributed by atoms with van der Waals surface area (Å²) in [5, 5.41) is 12.9. The number of esters is 1. The monoisotopic (exact) mass is 369 g/mol. The first-order valence-electron chi connectivity index (χ1n) is 7.89. The summed E-state index contributed by atoms with van der Waals surface area (Å²) < 4.78 is 7.47. The van der Waals surface area contributed by atoms with Crippen LogP contribution in [0.15, 0.2) is 58.8 Å². The maximum absolute atomic E-state index is 12.1. The Bertz CT molecular complexity index is 1050. The SMILES string of the molecule is CCOC(=O)C1=C(O)CSC1=Nc1ccc2sc3ccccc3c2c1. The molecule has 0 amide bonds. The second-order valence-electron chi connectivity index (χ2n) is 5.53.